The minimum atomic E-state index is -0.308. The largest absolute Gasteiger partial charge is 0.352 e. The van der Waals surface area contributed by atoms with E-state index in [1.165, 1.54) is 6.07 Å². The van der Waals surface area contributed by atoms with Gasteiger partial charge in [0.25, 0.3) is 0 Å². The molecule has 0 aliphatic heterocycles. The molecule has 0 saturated carbocycles. The lowest BCUT2D eigenvalue weighted by atomic mass is 10.1. The van der Waals surface area contributed by atoms with E-state index in [-0.39, 0.29) is 47.8 Å². The first-order valence-electron chi connectivity index (χ1n) is 7.29. The number of guanidine groups is 1. The molecule has 0 aliphatic rings. The zero-order chi connectivity index (χ0) is 17.6. The van der Waals surface area contributed by atoms with Gasteiger partial charge in [-0.15, -0.1) is 24.0 Å². The predicted molar refractivity (Wildman–Crippen MR) is 110 cm³/mol. The normalized spacial score (nSPS) is 11.5. The molecule has 1 rings (SSSR count). The first kappa shape index (κ1) is 23.1. The lowest BCUT2D eigenvalue weighted by Gasteiger charge is -2.25. The van der Waals surface area contributed by atoms with Gasteiger partial charge in [0, 0.05) is 26.2 Å². The molecule has 0 aromatic heterocycles. The highest BCUT2D eigenvalue weighted by Crippen LogP contribution is 2.16. The molecule has 1 aromatic carbocycles. The Balaban J connectivity index is 0.00000529. The number of amides is 1. The lowest BCUT2D eigenvalue weighted by Crippen LogP contribution is -2.48. The van der Waals surface area contributed by atoms with Crippen LogP contribution in [-0.4, -0.2) is 42.9 Å². The van der Waals surface area contributed by atoms with E-state index in [1.54, 1.807) is 25.1 Å². The fraction of sp³-hybridized carbons (Fsp3) is 0.500. The third-order valence-electron chi connectivity index (χ3n) is 2.90. The molecule has 0 spiro atoms. The van der Waals surface area contributed by atoms with Gasteiger partial charge in [-0.05, 0) is 54.4 Å². The zero-order valence-corrected chi connectivity index (χ0v) is 18.5. The Morgan fingerprint density at radius 2 is 2.00 bits per heavy atom. The summed E-state index contributed by atoms with van der Waals surface area (Å²) in [6, 6.07) is 4.94. The molecule has 0 fully saturated rings. The molecule has 0 saturated heterocycles. The van der Waals surface area contributed by atoms with Crippen LogP contribution in [0.4, 0.5) is 4.39 Å². The van der Waals surface area contributed by atoms with Crippen molar-refractivity contribution in [2.75, 3.05) is 20.6 Å². The maximum atomic E-state index is 13.5. The summed E-state index contributed by atoms with van der Waals surface area (Å²) in [5, 5.41) is 6.01. The SMILES string of the molecule is CN=C(NCc1ccc(Br)c(F)c1)N(C)CC(=O)NC(C)(C)C.I. The number of hydrogen-bond acceptors (Lipinski definition) is 2. The summed E-state index contributed by atoms with van der Waals surface area (Å²) in [6.45, 7) is 6.40. The third-order valence-corrected chi connectivity index (χ3v) is 3.55. The van der Waals surface area contributed by atoms with Gasteiger partial charge in [-0.2, -0.15) is 0 Å². The average molecular weight is 515 g/mol. The van der Waals surface area contributed by atoms with Crippen molar-refractivity contribution < 1.29 is 9.18 Å². The summed E-state index contributed by atoms with van der Waals surface area (Å²) in [7, 11) is 3.42. The van der Waals surface area contributed by atoms with E-state index in [9.17, 15) is 9.18 Å². The number of nitrogens with zero attached hydrogens (tertiary/aromatic N) is 2. The van der Waals surface area contributed by atoms with Gasteiger partial charge in [0.2, 0.25) is 5.91 Å². The van der Waals surface area contributed by atoms with Gasteiger partial charge in [-0.3, -0.25) is 9.79 Å². The number of hydrogen-bond donors (Lipinski definition) is 2. The van der Waals surface area contributed by atoms with Crippen molar-refractivity contribution in [1.82, 2.24) is 15.5 Å². The van der Waals surface area contributed by atoms with Crippen LogP contribution in [-0.2, 0) is 11.3 Å². The van der Waals surface area contributed by atoms with Crippen molar-refractivity contribution in [2.45, 2.75) is 32.9 Å². The van der Waals surface area contributed by atoms with Crippen LogP contribution in [0.1, 0.15) is 26.3 Å². The number of benzene rings is 1. The molecule has 1 aromatic rings. The Bertz CT molecular complexity index is 590. The molecule has 0 aliphatic carbocycles. The second-order valence-corrected chi connectivity index (χ2v) is 7.16. The number of likely N-dealkylation sites (N-methyl/N-ethyl adjacent to an activating group) is 1. The Labute approximate surface area is 168 Å². The van der Waals surface area contributed by atoms with E-state index in [2.05, 4.69) is 31.6 Å². The van der Waals surface area contributed by atoms with Gasteiger partial charge < -0.3 is 15.5 Å². The third kappa shape index (κ3) is 8.27. The summed E-state index contributed by atoms with van der Waals surface area (Å²) in [6.07, 6.45) is 0. The van der Waals surface area contributed by atoms with Crippen LogP contribution < -0.4 is 10.6 Å². The molecule has 1 amide bonds. The lowest BCUT2D eigenvalue weighted by molar-refractivity contribution is -0.122. The molecule has 0 atom stereocenters. The van der Waals surface area contributed by atoms with Crippen molar-refractivity contribution in [1.29, 1.82) is 0 Å². The molecular formula is C16H25BrFIN4O. The summed E-state index contributed by atoms with van der Waals surface area (Å²) in [5.41, 5.74) is 0.517. The van der Waals surface area contributed by atoms with E-state index >= 15 is 0 Å². The average Bonchev–Trinajstić information content (AvgIpc) is 2.41. The number of rotatable bonds is 4. The minimum Gasteiger partial charge on any atom is -0.352 e. The summed E-state index contributed by atoms with van der Waals surface area (Å²) >= 11 is 3.13. The number of carbonyl (C=O) groups is 1. The van der Waals surface area contributed by atoms with E-state index in [0.29, 0.717) is 17.0 Å². The zero-order valence-electron chi connectivity index (χ0n) is 14.6. The van der Waals surface area contributed by atoms with Crippen LogP contribution in [0.25, 0.3) is 0 Å². The van der Waals surface area contributed by atoms with Crippen molar-refractivity contribution in [3.63, 3.8) is 0 Å². The highest BCUT2D eigenvalue weighted by molar-refractivity contribution is 14.0. The molecule has 0 heterocycles. The maximum Gasteiger partial charge on any atom is 0.240 e. The second kappa shape index (κ2) is 10.2. The quantitative estimate of drug-likeness (QED) is 0.369. The topological polar surface area (TPSA) is 56.7 Å². The van der Waals surface area contributed by atoms with Crippen LogP contribution in [0.3, 0.4) is 0 Å². The van der Waals surface area contributed by atoms with Crippen LogP contribution >= 0.6 is 39.9 Å². The summed E-state index contributed by atoms with van der Waals surface area (Å²) < 4.78 is 13.9. The molecule has 2 N–H and O–H groups in total. The van der Waals surface area contributed by atoms with E-state index in [4.69, 9.17) is 0 Å². The fourth-order valence-corrected chi connectivity index (χ4v) is 2.21. The molecular weight excluding hydrogens is 490 g/mol. The van der Waals surface area contributed by atoms with Crippen LogP contribution in [0.5, 0.6) is 0 Å². The van der Waals surface area contributed by atoms with Crippen molar-refractivity contribution >= 4 is 51.8 Å². The summed E-state index contributed by atoms with van der Waals surface area (Å²) in [5.74, 6) is 0.173. The van der Waals surface area contributed by atoms with Gasteiger partial charge in [0.15, 0.2) is 5.96 Å². The van der Waals surface area contributed by atoms with Gasteiger partial charge in [-0.25, -0.2) is 4.39 Å². The molecule has 136 valence electrons. The monoisotopic (exact) mass is 514 g/mol. The van der Waals surface area contributed by atoms with Crippen LogP contribution in [0.2, 0.25) is 0 Å². The Morgan fingerprint density at radius 1 is 1.38 bits per heavy atom. The number of aliphatic imine (C=N–C) groups is 1. The van der Waals surface area contributed by atoms with Gasteiger partial charge >= 0.3 is 0 Å². The number of halogens is 3. The molecule has 0 unspecified atom stereocenters. The van der Waals surface area contributed by atoms with Crippen LogP contribution in [0, 0.1) is 5.82 Å². The number of nitrogens with one attached hydrogen (secondary N) is 2. The first-order chi connectivity index (χ1) is 10.6. The predicted octanol–water partition coefficient (Wildman–Crippen LogP) is 3.13. The molecule has 5 nitrogen and oxygen atoms in total. The van der Waals surface area contributed by atoms with Gasteiger partial charge in [0.05, 0.1) is 11.0 Å². The molecule has 0 bridgehead atoms. The first-order valence-corrected chi connectivity index (χ1v) is 8.08. The highest BCUT2D eigenvalue weighted by Gasteiger charge is 2.16. The smallest absolute Gasteiger partial charge is 0.240 e. The number of carbonyl (C=O) groups excluding carboxylic acids is 1. The van der Waals surface area contributed by atoms with Crippen molar-refractivity contribution in [3.8, 4) is 0 Å². The second-order valence-electron chi connectivity index (χ2n) is 6.30. The van der Waals surface area contributed by atoms with Crippen LogP contribution in [0.15, 0.2) is 27.7 Å². The Morgan fingerprint density at radius 3 is 2.50 bits per heavy atom. The van der Waals surface area contributed by atoms with Crippen molar-refractivity contribution in [3.05, 3.63) is 34.1 Å². The van der Waals surface area contributed by atoms with Gasteiger partial charge in [0.1, 0.15) is 5.82 Å². The molecule has 8 heteroatoms. The Hall–Kier alpha value is -0.900. The van der Waals surface area contributed by atoms with E-state index in [1.807, 2.05) is 26.8 Å². The van der Waals surface area contributed by atoms with E-state index < -0.39 is 0 Å². The molecule has 0 radical (unpaired) electrons. The van der Waals surface area contributed by atoms with E-state index in [0.717, 1.165) is 5.56 Å². The van der Waals surface area contributed by atoms with Crippen molar-refractivity contribution in [2.24, 2.45) is 4.99 Å². The maximum absolute atomic E-state index is 13.5. The highest BCUT2D eigenvalue weighted by atomic mass is 127. The fourth-order valence-electron chi connectivity index (χ4n) is 1.96. The summed E-state index contributed by atoms with van der Waals surface area (Å²) in [4.78, 5) is 17.8. The molecule has 24 heavy (non-hydrogen) atoms. The standard InChI is InChI=1S/C16H24BrFN4O.HI/c1-16(2,3)21-14(23)10-22(5)15(19-4)20-9-11-6-7-12(17)13(18)8-11;/h6-8H,9-10H2,1-5H3,(H,19,20)(H,21,23);1H. The Kier molecular flexibility index (Phi) is 9.79. The minimum absolute atomic E-state index is 0. The van der Waals surface area contributed by atoms with Gasteiger partial charge in [-0.1, -0.05) is 6.07 Å².